The van der Waals surface area contributed by atoms with E-state index < -0.39 is 6.10 Å². The van der Waals surface area contributed by atoms with Crippen LogP contribution in [0.3, 0.4) is 0 Å². The second-order valence-electron chi connectivity index (χ2n) is 11.1. The molecular formula is C35H64O5. The first kappa shape index (κ1) is 38.4. The molecule has 234 valence electrons. The summed E-state index contributed by atoms with van der Waals surface area (Å²) in [6.45, 7) is 7.58. The molecule has 5 nitrogen and oxygen atoms in total. The van der Waals surface area contributed by atoms with Gasteiger partial charge in [-0.3, -0.25) is 9.59 Å². The van der Waals surface area contributed by atoms with E-state index in [-0.39, 0.29) is 25.2 Å². The van der Waals surface area contributed by atoms with Crippen LogP contribution in [-0.2, 0) is 23.8 Å². The quantitative estimate of drug-likeness (QED) is 0.0493. The van der Waals surface area contributed by atoms with Crippen molar-refractivity contribution in [1.29, 1.82) is 0 Å². The molecule has 0 bridgehead atoms. The highest BCUT2D eigenvalue weighted by Crippen LogP contribution is 2.11. The predicted molar refractivity (Wildman–Crippen MR) is 169 cm³/mol. The van der Waals surface area contributed by atoms with Crippen molar-refractivity contribution in [1.82, 2.24) is 0 Å². The van der Waals surface area contributed by atoms with Crippen LogP contribution in [0.15, 0.2) is 24.3 Å². The molecule has 0 aromatic rings. The summed E-state index contributed by atoms with van der Waals surface area (Å²) in [6.07, 6.45) is 32.1. The monoisotopic (exact) mass is 564 g/mol. The van der Waals surface area contributed by atoms with Gasteiger partial charge in [0.15, 0.2) is 6.10 Å². The lowest BCUT2D eigenvalue weighted by molar-refractivity contribution is -0.163. The number of carbonyl (C=O) groups excluding carboxylic acids is 2. The molecule has 40 heavy (non-hydrogen) atoms. The maximum absolute atomic E-state index is 12.3. The zero-order valence-electron chi connectivity index (χ0n) is 26.6. The maximum Gasteiger partial charge on any atom is 0.306 e. The van der Waals surface area contributed by atoms with E-state index in [1.165, 1.54) is 70.6 Å². The molecule has 0 saturated carbocycles. The van der Waals surface area contributed by atoms with Crippen molar-refractivity contribution in [3.05, 3.63) is 24.3 Å². The number of carbonyl (C=O) groups is 2. The molecule has 0 radical (unpaired) electrons. The van der Waals surface area contributed by atoms with Crippen LogP contribution >= 0.6 is 0 Å². The summed E-state index contributed by atoms with van der Waals surface area (Å²) in [5.41, 5.74) is 0. The summed E-state index contributed by atoms with van der Waals surface area (Å²) < 4.78 is 16.9. The van der Waals surface area contributed by atoms with Crippen LogP contribution in [0, 0.1) is 0 Å². The molecular weight excluding hydrogens is 500 g/mol. The molecule has 1 unspecified atom stereocenters. The van der Waals surface area contributed by atoms with Gasteiger partial charge in [-0.1, -0.05) is 129 Å². The topological polar surface area (TPSA) is 61.8 Å². The van der Waals surface area contributed by atoms with Gasteiger partial charge in [-0.05, 0) is 44.9 Å². The Hall–Kier alpha value is -1.62. The molecule has 0 amide bonds. The van der Waals surface area contributed by atoms with Crippen molar-refractivity contribution >= 4 is 11.9 Å². The molecule has 0 aliphatic rings. The molecule has 0 aromatic heterocycles. The molecule has 0 N–H and O–H groups in total. The van der Waals surface area contributed by atoms with E-state index in [4.69, 9.17) is 14.2 Å². The Balaban J connectivity index is 4.08. The van der Waals surface area contributed by atoms with Gasteiger partial charge in [0.1, 0.15) is 6.61 Å². The Morgan fingerprint density at radius 3 is 1.75 bits per heavy atom. The zero-order chi connectivity index (χ0) is 29.4. The molecule has 0 aliphatic heterocycles. The van der Waals surface area contributed by atoms with Gasteiger partial charge >= 0.3 is 11.9 Å². The van der Waals surface area contributed by atoms with Crippen molar-refractivity contribution < 1.29 is 23.8 Å². The van der Waals surface area contributed by atoms with E-state index in [0.29, 0.717) is 19.4 Å². The van der Waals surface area contributed by atoms with E-state index >= 15 is 0 Å². The van der Waals surface area contributed by atoms with Crippen LogP contribution in [0.5, 0.6) is 0 Å². The summed E-state index contributed by atoms with van der Waals surface area (Å²) in [7, 11) is 0. The standard InChI is InChI=1S/C35H64O5/c1-4-7-10-13-14-15-16-17-18-19-20-21-24-27-30-38-31-33(40-35(37)29-26-23-12-9-6-3)32-39-34(36)28-25-22-11-8-5-2/h10,13,15-16,33H,4-9,11-12,14,17-32H2,1-3H3/b13-10-,16-15-. The summed E-state index contributed by atoms with van der Waals surface area (Å²) in [5, 5.41) is 0. The minimum Gasteiger partial charge on any atom is -0.462 e. The van der Waals surface area contributed by atoms with E-state index in [0.717, 1.165) is 57.8 Å². The van der Waals surface area contributed by atoms with Gasteiger partial charge in [0, 0.05) is 19.4 Å². The largest absolute Gasteiger partial charge is 0.462 e. The van der Waals surface area contributed by atoms with Gasteiger partial charge < -0.3 is 14.2 Å². The van der Waals surface area contributed by atoms with Gasteiger partial charge in [-0.25, -0.2) is 0 Å². The number of ether oxygens (including phenoxy) is 3. The lowest BCUT2D eigenvalue weighted by Crippen LogP contribution is -2.30. The summed E-state index contributed by atoms with van der Waals surface area (Å²) >= 11 is 0. The van der Waals surface area contributed by atoms with Gasteiger partial charge in [0.25, 0.3) is 0 Å². The van der Waals surface area contributed by atoms with Gasteiger partial charge in [-0.2, -0.15) is 0 Å². The van der Waals surface area contributed by atoms with Crippen LogP contribution in [0.4, 0.5) is 0 Å². The fraction of sp³-hybridized carbons (Fsp3) is 0.829. The normalized spacial score (nSPS) is 12.4. The number of allylic oxidation sites excluding steroid dienone is 4. The van der Waals surface area contributed by atoms with Crippen molar-refractivity contribution in [2.75, 3.05) is 19.8 Å². The summed E-state index contributed by atoms with van der Waals surface area (Å²) in [6, 6.07) is 0. The molecule has 0 aromatic carbocycles. The molecule has 1 atom stereocenters. The maximum atomic E-state index is 12.3. The van der Waals surface area contributed by atoms with Crippen LogP contribution in [0.2, 0.25) is 0 Å². The van der Waals surface area contributed by atoms with Crippen molar-refractivity contribution in [3.8, 4) is 0 Å². The predicted octanol–water partition coefficient (Wildman–Crippen LogP) is 10.2. The lowest BCUT2D eigenvalue weighted by Gasteiger charge is -2.18. The Morgan fingerprint density at radius 1 is 0.550 bits per heavy atom. The molecule has 0 aliphatic carbocycles. The van der Waals surface area contributed by atoms with E-state index in [1.807, 2.05) is 0 Å². The first-order valence-electron chi connectivity index (χ1n) is 16.9. The van der Waals surface area contributed by atoms with Crippen LogP contribution < -0.4 is 0 Å². The second kappa shape index (κ2) is 31.9. The summed E-state index contributed by atoms with van der Waals surface area (Å²) in [4.78, 5) is 24.5. The third kappa shape index (κ3) is 29.4. The molecule has 0 saturated heterocycles. The zero-order valence-corrected chi connectivity index (χ0v) is 26.6. The first-order valence-corrected chi connectivity index (χ1v) is 16.9. The third-order valence-corrected chi connectivity index (χ3v) is 6.97. The first-order chi connectivity index (χ1) is 19.6. The number of esters is 2. The van der Waals surface area contributed by atoms with E-state index in [2.05, 4.69) is 45.1 Å². The summed E-state index contributed by atoms with van der Waals surface area (Å²) in [5.74, 6) is -0.431. The third-order valence-electron chi connectivity index (χ3n) is 6.97. The fourth-order valence-electron chi connectivity index (χ4n) is 4.43. The highest BCUT2D eigenvalue weighted by molar-refractivity contribution is 5.70. The number of hydrogen-bond donors (Lipinski definition) is 0. The van der Waals surface area contributed by atoms with E-state index in [1.54, 1.807) is 0 Å². The minimum atomic E-state index is -0.526. The van der Waals surface area contributed by atoms with Crippen molar-refractivity contribution in [3.63, 3.8) is 0 Å². The van der Waals surface area contributed by atoms with Crippen LogP contribution in [0.25, 0.3) is 0 Å². The van der Waals surface area contributed by atoms with Crippen molar-refractivity contribution in [2.45, 2.75) is 168 Å². The number of rotatable bonds is 30. The SMILES string of the molecule is CCC/C=C\C/C=C\CCCCCCCCOCC(COC(=O)CCCCCCC)OC(=O)CCCCCCC. The van der Waals surface area contributed by atoms with Crippen LogP contribution in [-0.4, -0.2) is 37.9 Å². The molecule has 0 heterocycles. The Kier molecular flexibility index (Phi) is 30.6. The average molecular weight is 565 g/mol. The molecule has 5 heteroatoms. The molecule has 0 spiro atoms. The smallest absolute Gasteiger partial charge is 0.306 e. The van der Waals surface area contributed by atoms with E-state index in [9.17, 15) is 9.59 Å². The highest BCUT2D eigenvalue weighted by Gasteiger charge is 2.17. The minimum absolute atomic E-state index is 0.0822. The van der Waals surface area contributed by atoms with Gasteiger partial charge in [-0.15, -0.1) is 0 Å². The van der Waals surface area contributed by atoms with Gasteiger partial charge in [0.2, 0.25) is 0 Å². The number of unbranched alkanes of at least 4 members (excludes halogenated alkanes) is 15. The fourth-order valence-corrected chi connectivity index (χ4v) is 4.43. The average Bonchev–Trinajstić information content (AvgIpc) is 2.95. The van der Waals surface area contributed by atoms with Gasteiger partial charge in [0.05, 0.1) is 6.61 Å². The Bertz CT molecular complexity index is 613. The number of hydrogen-bond acceptors (Lipinski definition) is 5. The Labute approximate surface area is 247 Å². The molecule has 0 fully saturated rings. The lowest BCUT2D eigenvalue weighted by atomic mass is 10.1. The van der Waals surface area contributed by atoms with Crippen LogP contribution in [0.1, 0.15) is 162 Å². The second-order valence-corrected chi connectivity index (χ2v) is 11.1. The molecule has 0 rings (SSSR count). The Morgan fingerprint density at radius 2 is 1.10 bits per heavy atom. The highest BCUT2D eigenvalue weighted by atomic mass is 16.6. The van der Waals surface area contributed by atoms with Crippen molar-refractivity contribution in [2.24, 2.45) is 0 Å².